The van der Waals surface area contributed by atoms with Crippen molar-refractivity contribution in [2.24, 2.45) is 11.8 Å². The standard InChI is InChI=1S/C8H10N2/c1-2-3-7(4-9)8-5-10-6-8/h1,7-8,10H,3,5-6H2. The van der Waals surface area contributed by atoms with E-state index in [1.165, 1.54) is 0 Å². The minimum atomic E-state index is 0.0752. The summed E-state index contributed by atoms with van der Waals surface area (Å²) in [6, 6.07) is 2.22. The van der Waals surface area contributed by atoms with Crippen molar-refractivity contribution in [3.63, 3.8) is 0 Å². The number of hydrogen-bond acceptors (Lipinski definition) is 2. The third-order valence-electron chi connectivity index (χ3n) is 1.89. The van der Waals surface area contributed by atoms with Crippen LogP contribution in [0.3, 0.4) is 0 Å². The van der Waals surface area contributed by atoms with Crippen molar-refractivity contribution in [1.29, 1.82) is 5.26 Å². The Kier molecular flexibility index (Phi) is 2.31. The van der Waals surface area contributed by atoms with Crippen molar-refractivity contribution in [2.45, 2.75) is 6.42 Å². The van der Waals surface area contributed by atoms with E-state index in [4.69, 9.17) is 11.7 Å². The second-order valence-electron chi connectivity index (χ2n) is 2.56. The summed E-state index contributed by atoms with van der Waals surface area (Å²) in [5.41, 5.74) is 0. The lowest BCUT2D eigenvalue weighted by atomic mass is 9.86. The first-order valence-electron chi connectivity index (χ1n) is 3.42. The Balaban J connectivity index is 2.35. The van der Waals surface area contributed by atoms with Gasteiger partial charge in [-0.25, -0.2) is 0 Å². The van der Waals surface area contributed by atoms with Gasteiger partial charge in [0.25, 0.3) is 0 Å². The highest BCUT2D eigenvalue weighted by atomic mass is 14.9. The minimum Gasteiger partial charge on any atom is -0.316 e. The maximum atomic E-state index is 8.62. The summed E-state index contributed by atoms with van der Waals surface area (Å²) in [6.45, 7) is 1.92. The van der Waals surface area contributed by atoms with E-state index in [1.54, 1.807) is 0 Å². The third kappa shape index (κ3) is 1.29. The molecule has 10 heavy (non-hydrogen) atoms. The zero-order valence-electron chi connectivity index (χ0n) is 5.80. The lowest BCUT2D eigenvalue weighted by Crippen LogP contribution is -2.45. The van der Waals surface area contributed by atoms with Crippen LogP contribution >= 0.6 is 0 Å². The van der Waals surface area contributed by atoms with Gasteiger partial charge in [0, 0.05) is 25.4 Å². The van der Waals surface area contributed by atoms with Crippen LogP contribution in [0.25, 0.3) is 0 Å². The fourth-order valence-corrected chi connectivity index (χ4v) is 1.04. The number of hydrogen-bond donors (Lipinski definition) is 1. The van der Waals surface area contributed by atoms with E-state index in [1.807, 2.05) is 0 Å². The molecule has 1 atom stereocenters. The Morgan fingerprint density at radius 1 is 1.70 bits per heavy atom. The van der Waals surface area contributed by atoms with Crippen molar-refractivity contribution in [1.82, 2.24) is 5.32 Å². The smallest absolute Gasteiger partial charge is 0.0669 e. The van der Waals surface area contributed by atoms with Crippen molar-refractivity contribution in [3.05, 3.63) is 0 Å². The van der Waals surface area contributed by atoms with Crippen molar-refractivity contribution >= 4 is 0 Å². The maximum Gasteiger partial charge on any atom is 0.0669 e. The second-order valence-corrected chi connectivity index (χ2v) is 2.56. The van der Waals surface area contributed by atoms with Gasteiger partial charge < -0.3 is 5.32 Å². The Hall–Kier alpha value is -0.990. The first-order valence-corrected chi connectivity index (χ1v) is 3.42. The van der Waals surface area contributed by atoms with Crippen LogP contribution in [0.5, 0.6) is 0 Å². The molecule has 1 N–H and O–H groups in total. The Morgan fingerprint density at radius 3 is 2.70 bits per heavy atom. The first-order chi connectivity index (χ1) is 4.88. The molecule has 0 radical (unpaired) electrons. The molecule has 0 saturated carbocycles. The Labute approximate surface area is 61.2 Å². The largest absolute Gasteiger partial charge is 0.316 e. The number of terminal acetylenes is 1. The van der Waals surface area contributed by atoms with Crippen LogP contribution in [0.2, 0.25) is 0 Å². The van der Waals surface area contributed by atoms with Crippen LogP contribution in [-0.2, 0) is 0 Å². The van der Waals surface area contributed by atoms with Gasteiger partial charge >= 0.3 is 0 Å². The summed E-state index contributed by atoms with van der Waals surface area (Å²) < 4.78 is 0. The number of nitrogens with zero attached hydrogens (tertiary/aromatic N) is 1. The van der Waals surface area contributed by atoms with Gasteiger partial charge in [-0.05, 0) is 0 Å². The minimum absolute atomic E-state index is 0.0752. The summed E-state index contributed by atoms with van der Waals surface area (Å²) in [7, 11) is 0. The molecule has 0 aromatic heterocycles. The molecule has 1 aliphatic heterocycles. The number of nitriles is 1. The molecule has 0 spiro atoms. The van der Waals surface area contributed by atoms with Crippen LogP contribution in [-0.4, -0.2) is 13.1 Å². The van der Waals surface area contributed by atoms with Crippen LogP contribution < -0.4 is 5.32 Å². The molecule has 1 rings (SSSR count). The fraction of sp³-hybridized carbons (Fsp3) is 0.625. The molecule has 1 fully saturated rings. The SMILES string of the molecule is C#CCC(C#N)C1CNC1. The quantitative estimate of drug-likeness (QED) is 0.554. The van der Waals surface area contributed by atoms with Crippen LogP contribution in [0.4, 0.5) is 0 Å². The molecule has 2 heteroatoms. The number of nitrogens with one attached hydrogen (secondary N) is 1. The predicted octanol–water partition coefficient (Wildman–Crippen LogP) is 0.369. The molecule has 1 unspecified atom stereocenters. The van der Waals surface area contributed by atoms with Gasteiger partial charge in [-0.2, -0.15) is 5.26 Å². The summed E-state index contributed by atoms with van der Waals surface area (Å²) in [4.78, 5) is 0. The average Bonchev–Trinajstić information content (AvgIpc) is 1.83. The summed E-state index contributed by atoms with van der Waals surface area (Å²) >= 11 is 0. The lowest BCUT2D eigenvalue weighted by molar-refractivity contribution is 0.280. The average molecular weight is 134 g/mol. The number of rotatable bonds is 2. The maximum absolute atomic E-state index is 8.62. The van der Waals surface area contributed by atoms with E-state index < -0.39 is 0 Å². The van der Waals surface area contributed by atoms with E-state index in [0.717, 1.165) is 13.1 Å². The van der Waals surface area contributed by atoms with Crippen LogP contribution in [0.15, 0.2) is 0 Å². The zero-order valence-corrected chi connectivity index (χ0v) is 5.80. The molecule has 1 saturated heterocycles. The van der Waals surface area contributed by atoms with E-state index >= 15 is 0 Å². The molecular formula is C8H10N2. The lowest BCUT2D eigenvalue weighted by Gasteiger charge is -2.29. The highest BCUT2D eigenvalue weighted by molar-refractivity contribution is 5.01. The molecule has 1 heterocycles. The van der Waals surface area contributed by atoms with Gasteiger partial charge in [0.15, 0.2) is 0 Å². The summed E-state index contributed by atoms with van der Waals surface area (Å²) in [6.07, 6.45) is 5.70. The molecular weight excluding hydrogens is 124 g/mol. The molecule has 0 bridgehead atoms. The van der Waals surface area contributed by atoms with Gasteiger partial charge in [-0.15, -0.1) is 12.3 Å². The molecule has 1 aliphatic rings. The predicted molar refractivity (Wildman–Crippen MR) is 38.9 cm³/mol. The fourth-order valence-electron chi connectivity index (χ4n) is 1.04. The highest BCUT2D eigenvalue weighted by Crippen LogP contribution is 2.17. The van der Waals surface area contributed by atoms with Crippen LogP contribution in [0.1, 0.15) is 6.42 Å². The van der Waals surface area contributed by atoms with Crippen molar-refractivity contribution < 1.29 is 0 Å². The van der Waals surface area contributed by atoms with E-state index in [2.05, 4.69) is 17.3 Å². The highest BCUT2D eigenvalue weighted by Gasteiger charge is 2.25. The van der Waals surface area contributed by atoms with Crippen molar-refractivity contribution in [2.75, 3.05) is 13.1 Å². The second kappa shape index (κ2) is 3.25. The summed E-state index contributed by atoms with van der Waals surface area (Å²) in [5.74, 6) is 3.09. The monoisotopic (exact) mass is 134 g/mol. The Bertz CT molecular complexity index is 180. The molecule has 0 amide bonds. The van der Waals surface area contributed by atoms with Gasteiger partial charge in [-0.1, -0.05) is 0 Å². The van der Waals surface area contributed by atoms with Crippen LogP contribution in [0, 0.1) is 35.5 Å². The van der Waals surface area contributed by atoms with Gasteiger partial charge in [0.2, 0.25) is 0 Å². The zero-order chi connectivity index (χ0) is 7.40. The van der Waals surface area contributed by atoms with E-state index in [-0.39, 0.29) is 5.92 Å². The topological polar surface area (TPSA) is 35.8 Å². The molecule has 2 nitrogen and oxygen atoms in total. The van der Waals surface area contributed by atoms with Crippen molar-refractivity contribution in [3.8, 4) is 18.4 Å². The van der Waals surface area contributed by atoms with E-state index in [9.17, 15) is 0 Å². The molecule has 0 aliphatic carbocycles. The van der Waals surface area contributed by atoms with Gasteiger partial charge in [0.1, 0.15) is 0 Å². The van der Waals surface area contributed by atoms with Gasteiger partial charge in [0.05, 0.1) is 12.0 Å². The summed E-state index contributed by atoms with van der Waals surface area (Å²) in [5, 5.41) is 11.7. The Morgan fingerprint density at radius 2 is 2.40 bits per heavy atom. The molecule has 0 aromatic rings. The van der Waals surface area contributed by atoms with Gasteiger partial charge in [-0.3, -0.25) is 0 Å². The third-order valence-corrected chi connectivity index (χ3v) is 1.89. The molecule has 0 aromatic carbocycles. The normalized spacial score (nSPS) is 20.2. The van der Waals surface area contributed by atoms with E-state index in [0.29, 0.717) is 12.3 Å². The molecule has 52 valence electrons. The first kappa shape index (κ1) is 7.12.